The third-order valence-electron chi connectivity index (χ3n) is 11.2. The van der Waals surface area contributed by atoms with Gasteiger partial charge in [-0.2, -0.15) is 0 Å². The molecule has 2 bridgehead atoms. The molecule has 0 amide bonds. The van der Waals surface area contributed by atoms with Gasteiger partial charge in [-0.05, 0) is 24.8 Å². The summed E-state index contributed by atoms with van der Waals surface area (Å²) in [6, 6.07) is 1.78. The molecular weight excluding hydrogens is 508 g/mol. The van der Waals surface area contributed by atoms with Gasteiger partial charge in [-0.1, -0.05) is 27.7 Å². The second-order valence-corrected chi connectivity index (χ2v) is 13.2. The van der Waals surface area contributed by atoms with Crippen LogP contribution in [0.5, 0.6) is 0 Å². The normalized spacial score (nSPS) is 47.2. The molecule has 212 valence electrons. The number of Topliss-reactive ketones (excluding diaryl/α,β-unsaturated/α-hetero) is 1. The number of ketones is 1. The Kier molecular flexibility index (Phi) is 5.39. The molecule has 0 aromatic carbocycles. The van der Waals surface area contributed by atoms with Gasteiger partial charge in [-0.3, -0.25) is 19.2 Å². The van der Waals surface area contributed by atoms with Crippen LogP contribution in [0.25, 0.3) is 0 Å². The Bertz CT molecular complexity index is 1250. The first-order valence-corrected chi connectivity index (χ1v) is 13.6. The lowest BCUT2D eigenvalue weighted by molar-refractivity contribution is -0.250. The van der Waals surface area contributed by atoms with Crippen LogP contribution >= 0.6 is 0 Å². The zero-order valence-corrected chi connectivity index (χ0v) is 23.1. The molecule has 2 saturated heterocycles. The van der Waals surface area contributed by atoms with Gasteiger partial charge in [0, 0.05) is 47.0 Å². The average molecular weight is 545 g/mol. The molecule has 39 heavy (non-hydrogen) atoms. The maximum Gasteiger partial charge on any atom is 0.306 e. The van der Waals surface area contributed by atoms with E-state index in [0.29, 0.717) is 12.8 Å². The monoisotopic (exact) mass is 544 g/mol. The predicted molar refractivity (Wildman–Crippen MR) is 132 cm³/mol. The molecule has 1 aromatic rings. The number of fused-ring (bicyclic) bond motifs is 5. The number of hydrogen-bond acceptors (Lipinski definition) is 10. The van der Waals surface area contributed by atoms with E-state index in [1.165, 1.54) is 20.3 Å². The molecule has 1 N–H and O–H groups in total. The van der Waals surface area contributed by atoms with E-state index in [4.69, 9.17) is 23.4 Å². The Hall–Kier alpha value is -2.72. The van der Waals surface area contributed by atoms with Crippen molar-refractivity contribution in [2.24, 2.45) is 34.0 Å². The van der Waals surface area contributed by atoms with Crippen molar-refractivity contribution in [3.05, 3.63) is 24.2 Å². The molecule has 5 aliphatic rings. The van der Waals surface area contributed by atoms with Crippen LogP contribution in [0.2, 0.25) is 0 Å². The fourth-order valence-corrected chi connectivity index (χ4v) is 9.60. The van der Waals surface area contributed by atoms with Crippen molar-refractivity contribution in [2.75, 3.05) is 7.11 Å². The highest BCUT2D eigenvalue weighted by molar-refractivity contribution is 5.98. The van der Waals surface area contributed by atoms with E-state index in [0.717, 1.165) is 5.56 Å². The van der Waals surface area contributed by atoms with Crippen molar-refractivity contribution >= 4 is 23.7 Å². The number of rotatable bonds is 4. The van der Waals surface area contributed by atoms with E-state index in [2.05, 4.69) is 6.92 Å². The zero-order valence-electron chi connectivity index (χ0n) is 23.1. The van der Waals surface area contributed by atoms with E-state index < -0.39 is 81.3 Å². The molecule has 6 rings (SSSR count). The SMILES string of the molecule is COC(=O)C[C@H]1C(C)(C)[C@H](OC(C)=O)[C@]2(O)C(=O)[C@@]1(C)C1CC[C@]3(C)C(CC(=O)O[C@H]3c3ccoc3)[C@]13O[C@@H]32. The molecule has 1 aromatic heterocycles. The first kappa shape index (κ1) is 26.5. The van der Waals surface area contributed by atoms with Crippen LogP contribution in [-0.4, -0.2) is 59.3 Å². The highest BCUT2D eigenvalue weighted by Gasteiger charge is 2.90. The van der Waals surface area contributed by atoms with Gasteiger partial charge >= 0.3 is 17.9 Å². The van der Waals surface area contributed by atoms with Crippen molar-refractivity contribution < 1.29 is 47.6 Å². The van der Waals surface area contributed by atoms with Crippen LogP contribution in [0.4, 0.5) is 0 Å². The largest absolute Gasteiger partial charge is 0.472 e. The molecule has 10 heteroatoms. The quantitative estimate of drug-likeness (QED) is 0.342. The Labute approximate surface area is 226 Å². The van der Waals surface area contributed by atoms with Crippen molar-refractivity contribution in [3.63, 3.8) is 0 Å². The number of methoxy groups -OCH3 is 1. The molecule has 2 aliphatic heterocycles. The predicted octanol–water partition coefficient (Wildman–Crippen LogP) is 2.91. The molecule has 0 radical (unpaired) electrons. The van der Waals surface area contributed by atoms with E-state index in [1.807, 2.05) is 13.8 Å². The molecule has 3 aliphatic carbocycles. The number of carbonyl (C=O) groups is 4. The summed E-state index contributed by atoms with van der Waals surface area (Å²) >= 11 is 0. The minimum absolute atomic E-state index is 0.0570. The Morgan fingerprint density at radius 2 is 1.87 bits per heavy atom. The first-order chi connectivity index (χ1) is 18.2. The Morgan fingerprint density at radius 1 is 1.15 bits per heavy atom. The molecule has 5 fully saturated rings. The van der Waals surface area contributed by atoms with E-state index in [-0.39, 0.29) is 18.8 Å². The number of hydrogen-bond donors (Lipinski definition) is 1. The number of aliphatic hydroxyl groups is 1. The van der Waals surface area contributed by atoms with E-state index >= 15 is 0 Å². The summed E-state index contributed by atoms with van der Waals surface area (Å²) in [4.78, 5) is 52.6. The van der Waals surface area contributed by atoms with Gasteiger partial charge in [-0.25, -0.2) is 0 Å². The van der Waals surface area contributed by atoms with Crippen LogP contribution < -0.4 is 0 Å². The molecule has 3 saturated carbocycles. The van der Waals surface area contributed by atoms with Crippen molar-refractivity contribution in [1.82, 2.24) is 0 Å². The summed E-state index contributed by atoms with van der Waals surface area (Å²) in [6.07, 6.45) is 1.42. The first-order valence-electron chi connectivity index (χ1n) is 13.6. The lowest BCUT2D eigenvalue weighted by Crippen LogP contribution is -2.80. The van der Waals surface area contributed by atoms with Gasteiger partial charge in [0.05, 0.1) is 26.1 Å². The van der Waals surface area contributed by atoms with Gasteiger partial charge in [0.25, 0.3) is 0 Å². The van der Waals surface area contributed by atoms with Crippen LogP contribution in [0, 0.1) is 34.0 Å². The minimum atomic E-state index is -2.15. The third kappa shape index (κ3) is 3.05. The average Bonchev–Trinajstić information content (AvgIpc) is 3.36. The van der Waals surface area contributed by atoms with Gasteiger partial charge in [0.2, 0.25) is 0 Å². The Morgan fingerprint density at radius 3 is 2.49 bits per heavy atom. The molecule has 2 unspecified atom stereocenters. The van der Waals surface area contributed by atoms with E-state index in [9.17, 15) is 24.3 Å². The summed E-state index contributed by atoms with van der Waals surface area (Å²) in [6.45, 7) is 8.73. The fraction of sp³-hybridized carbons (Fsp3) is 0.724. The summed E-state index contributed by atoms with van der Waals surface area (Å²) in [7, 11) is 1.29. The highest BCUT2D eigenvalue weighted by atomic mass is 16.6. The third-order valence-corrected chi connectivity index (χ3v) is 11.2. The van der Waals surface area contributed by atoms with Gasteiger partial charge < -0.3 is 28.5 Å². The number of furan rings is 1. The molecule has 3 heterocycles. The number of epoxide rings is 1. The lowest BCUT2D eigenvalue weighted by Gasteiger charge is -2.66. The molecule has 1 spiro atoms. The second-order valence-electron chi connectivity index (χ2n) is 13.2. The van der Waals surface area contributed by atoms with Crippen molar-refractivity contribution in [3.8, 4) is 0 Å². The zero-order chi connectivity index (χ0) is 28.3. The second kappa shape index (κ2) is 7.94. The standard InChI is InChI=1S/C29H36O10/c1-14(30)37-23-25(2,3)17(11-19(31)35-6)27(5)16-7-9-26(4)18(29(16)24(39-29)28(23,34)22(27)33)12-20(32)38-21(26)15-8-10-36-13-15/h8,10,13,16-18,21,23-24,34H,7,9,11-12H2,1-6H3/t16?,17-,18?,21-,23-,24+,26+,27-,28+,29+/m0/s1. The highest BCUT2D eigenvalue weighted by Crippen LogP contribution is 2.78. The number of esters is 3. The van der Waals surface area contributed by atoms with Gasteiger partial charge in [0.1, 0.15) is 23.9 Å². The summed E-state index contributed by atoms with van der Waals surface area (Å²) in [5.41, 5.74) is -5.24. The number of ether oxygens (including phenoxy) is 4. The van der Waals surface area contributed by atoms with Gasteiger partial charge in [0.15, 0.2) is 11.4 Å². The maximum atomic E-state index is 14.5. The number of carbonyl (C=O) groups excluding carboxylic acids is 4. The maximum absolute atomic E-state index is 14.5. The van der Waals surface area contributed by atoms with Crippen LogP contribution in [0.3, 0.4) is 0 Å². The molecule has 10 atom stereocenters. The molecular formula is C29H36O10. The summed E-state index contributed by atoms with van der Waals surface area (Å²) < 4.78 is 28.5. The Balaban J connectivity index is 1.54. The minimum Gasteiger partial charge on any atom is -0.472 e. The topological polar surface area (TPSA) is 142 Å². The van der Waals surface area contributed by atoms with Crippen molar-refractivity contribution in [2.45, 2.75) is 89.8 Å². The molecule has 10 nitrogen and oxygen atoms in total. The van der Waals surface area contributed by atoms with Crippen molar-refractivity contribution in [1.29, 1.82) is 0 Å². The fourth-order valence-electron chi connectivity index (χ4n) is 9.60. The lowest BCUT2D eigenvalue weighted by atomic mass is 9.36. The van der Waals surface area contributed by atoms with Gasteiger partial charge in [-0.15, -0.1) is 0 Å². The van der Waals surface area contributed by atoms with E-state index in [1.54, 1.807) is 19.3 Å². The van der Waals surface area contributed by atoms with Crippen LogP contribution in [0.1, 0.15) is 72.0 Å². The number of cyclic esters (lactones) is 1. The summed E-state index contributed by atoms with van der Waals surface area (Å²) in [5, 5.41) is 12.4. The van der Waals surface area contributed by atoms with Crippen LogP contribution in [-0.2, 0) is 38.1 Å². The van der Waals surface area contributed by atoms with Crippen LogP contribution in [0.15, 0.2) is 23.0 Å². The smallest absolute Gasteiger partial charge is 0.306 e. The summed E-state index contributed by atoms with van der Waals surface area (Å²) in [5.74, 6) is -3.44.